The molecule has 0 spiro atoms. The number of anilines is 1. The van der Waals surface area contributed by atoms with Gasteiger partial charge in [-0.15, -0.1) is 11.8 Å². The third kappa shape index (κ3) is 7.71. The molecule has 214 valence electrons. The Balaban J connectivity index is 2.09. The maximum atomic E-state index is 14.1. The lowest BCUT2D eigenvalue weighted by atomic mass is 10.1. The van der Waals surface area contributed by atoms with Crippen LogP contribution in [0.5, 0.6) is 5.75 Å². The van der Waals surface area contributed by atoms with Crippen LogP contribution in [0.2, 0.25) is 5.02 Å². The summed E-state index contributed by atoms with van der Waals surface area (Å²) in [6, 6.07) is 19.2. The number of benzene rings is 3. The van der Waals surface area contributed by atoms with Gasteiger partial charge in [-0.05, 0) is 81.1 Å². The van der Waals surface area contributed by atoms with Crippen LogP contribution < -0.4 is 14.4 Å². The summed E-state index contributed by atoms with van der Waals surface area (Å²) in [7, 11) is -4.21. The first-order chi connectivity index (χ1) is 19.1. The highest BCUT2D eigenvalue weighted by molar-refractivity contribution is 7.98. The molecule has 0 aliphatic heterocycles. The van der Waals surface area contributed by atoms with E-state index in [2.05, 4.69) is 5.32 Å². The van der Waals surface area contributed by atoms with Gasteiger partial charge in [0, 0.05) is 23.0 Å². The summed E-state index contributed by atoms with van der Waals surface area (Å²) in [6.45, 7) is 5.38. The van der Waals surface area contributed by atoms with Crippen LogP contribution in [0.3, 0.4) is 0 Å². The Morgan fingerprint density at radius 1 is 1.02 bits per heavy atom. The van der Waals surface area contributed by atoms with Crippen molar-refractivity contribution in [3.8, 4) is 5.75 Å². The molecule has 0 saturated carbocycles. The molecule has 0 aliphatic rings. The molecule has 11 heteroatoms. The number of para-hydroxylation sites is 2. The SMILES string of the molecule is CCNC(=O)[C@H](C)N(Cc1cccc(Cl)c1)C(=O)CN(c1ccccc1OCC)S(=O)(=O)c1ccc(SC)cc1. The van der Waals surface area contributed by atoms with Crippen molar-refractivity contribution >= 4 is 50.9 Å². The molecule has 0 aliphatic carbocycles. The Hall–Kier alpha value is -3.21. The number of amides is 2. The number of rotatable bonds is 13. The van der Waals surface area contributed by atoms with E-state index >= 15 is 0 Å². The Morgan fingerprint density at radius 3 is 2.35 bits per heavy atom. The molecule has 0 bridgehead atoms. The maximum absolute atomic E-state index is 14.1. The Labute approximate surface area is 245 Å². The maximum Gasteiger partial charge on any atom is 0.264 e. The summed E-state index contributed by atoms with van der Waals surface area (Å²) >= 11 is 7.67. The highest BCUT2D eigenvalue weighted by Crippen LogP contribution is 2.33. The minimum Gasteiger partial charge on any atom is -0.492 e. The molecular weight excluding hydrogens is 570 g/mol. The molecule has 8 nitrogen and oxygen atoms in total. The monoisotopic (exact) mass is 603 g/mol. The lowest BCUT2D eigenvalue weighted by Crippen LogP contribution is -2.51. The smallest absolute Gasteiger partial charge is 0.264 e. The lowest BCUT2D eigenvalue weighted by molar-refractivity contribution is -0.139. The highest BCUT2D eigenvalue weighted by Gasteiger charge is 2.33. The van der Waals surface area contributed by atoms with Crippen molar-refractivity contribution in [1.29, 1.82) is 0 Å². The van der Waals surface area contributed by atoms with Gasteiger partial charge in [-0.2, -0.15) is 0 Å². The zero-order valence-corrected chi connectivity index (χ0v) is 25.4. The number of ether oxygens (including phenoxy) is 1. The minimum atomic E-state index is -4.21. The van der Waals surface area contributed by atoms with Gasteiger partial charge in [-0.25, -0.2) is 8.42 Å². The van der Waals surface area contributed by atoms with E-state index in [-0.39, 0.29) is 23.0 Å². The number of nitrogens with one attached hydrogen (secondary N) is 1. The number of hydrogen-bond acceptors (Lipinski definition) is 6. The number of likely N-dealkylation sites (N-methyl/N-ethyl adjacent to an activating group) is 1. The van der Waals surface area contributed by atoms with Crippen LogP contribution >= 0.6 is 23.4 Å². The fourth-order valence-corrected chi connectivity index (χ4v) is 6.11. The first-order valence-electron chi connectivity index (χ1n) is 12.8. The second-order valence-corrected chi connectivity index (χ2v) is 12.0. The quantitative estimate of drug-likeness (QED) is 0.270. The molecule has 0 radical (unpaired) electrons. The minimum absolute atomic E-state index is 0.0302. The Bertz CT molecular complexity index is 1420. The number of halogens is 1. The van der Waals surface area contributed by atoms with Gasteiger partial charge < -0.3 is 15.0 Å². The van der Waals surface area contributed by atoms with E-state index in [1.807, 2.05) is 6.26 Å². The fraction of sp³-hybridized carbons (Fsp3) is 0.310. The summed E-state index contributed by atoms with van der Waals surface area (Å²) in [6.07, 6.45) is 1.90. The predicted octanol–water partition coefficient (Wildman–Crippen LogP) is 5.21. The van der Waals surface area contributed by atoms with Crippen molar-refractivity contribution < 1.29 is 22.7 Å². The number of carbonyl (C=O) groups is 2. The van der Waals surface area contributed by atoms with E-state index in [9.17, 15) is 18.0 Å². The van der Waals surface area contributed by atoms with Gasteiger partial charge in [0.1, 0.15) is 18.3 Å². The Morgan fingerprint density at radius 2 is 1.73 bits per heavy atom. The van der Waals surface area contributed by atoms with Crippen molar-refractivity contribution in [2.75, 3.05) is 30.3 Å². The molecule has 1 atom stereocenters. The molecule has 40 heavy (non-hydrogen) atoms. The van der Waals surface area contributed by atoms with Crippen molar-refractivity contribution in [1.82, 2.24) is 10.2 Å². The van der Waals surface area contributed by atoms with Gasteiger partial charge in [-0.1, -0.05) is 35.9 Å². The van der Waals surface area contributed by atoms with Gasteiger partial charge in [-0.3, -0.25) is 13.9 Å². The average Bonchev–Trinajstić information content (AvgIpc) is 2.95. The molecule has 0 unspecified atom stereocenters. The first kappa shape index (κ1) is 31.3. The molecular formula is C29H34ClN3O5S2. The van der Waals surface area contributed by atoms with E-state index in [0.29, 0.717) is 29.5 Å². The summed E-state index contributed by atoms with van der Waals surface area (Å²) in [5.74, 6) is -0.593. The summed E-state index contributed by atoms with van der Waals surface area (Å²) in [4.78, 5) is 29.1. The molecule has 0 aromatic heterocycles. The van der Waals surface area contributed by atoms with Gasteiger partial charge >= 0.3 is 0 Å². The van der Waals surface area contributed by atoms with Gasteiger partial charge in [0.2, 0.25) is 11.8 Å². The summed E-state index contributed by atoms with van der Waals surface area (Å²) in [5, 5.41) is 3.23. The summed E-state index contributed by atoms with van der Waals surface area (Å²) in [5.41, 5.74) is 0.925. The number of nitrogens with zero attached hydrogens (tertiary/aromatic N) is 2. The number of thioether (sulfide) groups is 1. The molecule has 0 saturated heterocycles. The lowest BCUT2D eigenvalue weighted by Gasteiger charge is -2.32. The van der Waals surface area contributed by atoms with Crippen LogP contribution in [-0.2, 0) is 26.2 Å². The third-order valence-electron chi connectivity index (χ3n) is 6.12. The summed E-state index contributed by atoms with van der Waals surface area (Å²) < 4.78 is 34.9. The molecule has 3 aromatic carbocycles. The van der Waals surface area contributed by atoms with Crippen LogP contribution in [0, 0.1) is 0 Å². The first-order valence-corrected chi connectivity index (χ1v) is 15.9. The molecule has 3 rings (SSSR count). The van der Waals surface area contributed by atoms with E-state index in [1.54, 1.807) is 81.4 Å². The molecule has 0 heterocycles. The second kappa shape index (κ2) is 14.4. The van der Waals surface area contributed by atoms with E-state index in [1.165, 1.54) is 28.8 Å². The second-order valence-electron chi connectivity index (χ2n) is 8.81. The van der Waals surface area contributed by atoms with E-state index < -0.39 is 28.5 Å². The zero-order valence-electron chi connectivity index (χ0n) is 23.0. The molecule has 3 aromatic rings. The van der Waals surface area contributed by atoms with Crippen LogP contribution in [0.25, 0.3) is 0 Å². The van der Waals surface area contributed by atoms with Crippen molar-refractivity contribution in [2.24, 2.45) is 0 Å². The van der Waals surface area contributed by atoms with Gasteiger partial charge in [0.15, 0.2) is 0 Å². The largest absolute Gasteiger partial charge is 0.492 e. The number of hydrogen-bond donors (Lipinski definition) is 1. The van der Waals surface area contributed by atoms with Crippen molar-refractivity contribution in [2.45, 2.75) is 43.1 Å². The van der Waals surface area contributed by atoms with Gasteiger partial charge in [0.25, 0.3) is 10.0 Å². The normalized spacial score (nSPS) is 11.9. The van der Waals surface area contributed by atoms with E-state index in [0.717, 1.165) is 9.20 Å². The number of sulfonamides is 1. The average molecular weight is 604 g/mol. The van der Waals surface area contributed by atoms with Crippen LogP contribution in [-0.4, -0.2) is 57.1 Å². The van der Waals surface area contributed by atoms with Crippen LogP contribution in [0.4, 0.5) is 5.69 Å². The highest BCUT2D eigenvalue weighted by atomic mass is 35.5. The topological polar surface area (TPSA) is 96.0 Å². The van der Waals surface area contributed by atoms with Crippen molar-refractivity contribution in [3.05, 3.63) is 83.4 Å². The molecule has 2 amide bonds. The third-order valence-corrected chi connectivity index (χ3v) is 8.87. The zero-order chi connectivity index (χ0) is 29.3. The molecule has 1 N–H and O–H groups in total. The standard InChI is InChI=1S/C29H34ClN3O5S2/c1-5-31-29(35)21(3)32(19-22-10-9-11-23(30)18-22)28(34)20-33(26-12-7-8-13-27(26)38-6-2)40(36,37)25-16-14-24(39-4)15-17-25/h7-18,21H,5-6,19-20H2,1-4H3,(H,31,35)/t21-/m0/s1. The van der Waals surface area contributed by atoms with Crippen LogP contribution in [0.15, 0.2) is 82.6 Å². The van der Waals surface area contributed by atoms with Gasteiger partial charge in [0.05, 0.1) is 17.2 Å². The number of carbonyl (C=O) groups excluding carboxylic acids is 2. The van der Waals surface area contributed by atoms with Crippen molar-refractivity contribution in [3.63, 3.8) is 0 Å². The van der Waals surface area contributed by atoms with Crippen LogP contribution in [0.1, 0.15) is 26.3 Å². The Kier molecular flexibility index (Phi) is 11.3. The molecule has 0 fully saturated rings. The van der Waals surface area contributed by atoms with E-state index in [4.69, 9.17) is 16.3 Å². The predicted molar refractivity (Wildman–Crippen MR) is 161 cm³/mol. The fourth-order valence-electron chi connectivity index (χ4n) is 4.07.